The Hall–Kier alpha value is -2.64. The van der Waals surface area contributed by atoms with Crippen LogP contribution in [0.4, 0.5) is 24.7 Å². The van der Waals surface area contributed by atoms with Crippen LogP contribution in [0.2, 0.25) is 0 Å². The van der Waals surface area contributed by atoms with E-state index < -0.39 is 11.7 Å². The molecule has 1 aromatic heterocycles. The fourth-order valence-electron chi connectivity index (χ4n) is 2.16. The average Bonchev–Trinajstić information content (AvgIpc) is 3.30. The highest BCUT2D eigenvalue weighted by molar-refractivity contribution is 5.93. The van der Waals surface area contributed by atoms with Gasteiger partial charge >= 0.3 is 6.18 Å². The number of alkyl halides is 3. The maximum Gasteiger partial charge on any atom is 0.416 e. The first kappa shape index (κ1) is 16.2. The highest BCUT2D eigenvalue weighted by Crippen LogP contribution is 2.31. The fourth-order valence-corrected chi connectivity index (χ4v) is 2.16. The van der Waals surface area contributed by atoms with Crippen LogP contribution in [-0.2, 0) is 6.18 Å². The Morgan fingerprint density at radius 3 is 2.62 bits per heavy atom. The number of nitrogens with one attached hydrogen (secondary N) is 2. The molecule has 0 aliphatic heterocycles. The number of hydrogen-bond donors (Lipinski definition) is 2. The van der Waals surface area contributed by atoms with E-state index in [1.54, 1.807) is 6.92 Å². The van der Waals surface area contributed by atoms with Gasteiger partial charge in [0.25, 0.3) is 5.91 Å². The van der Waals surface area contributed by atoms with E-state index in [2.05, 4.69) is 20.6 Å². The molecule has 0 saturated heterocycles. The molecule has 1 fully saturated rings. The molecular formula is C16H15F3N4O. The van der Waals surface area contributed by atoms with Crippen LogP contribution in [0.25, 0.3) is 0 Å². The van der Waals surface area contributed by atoms with E-state index in [4.69, 9.17) is 0 Å². The van der Waals surface area contributed by atoms with Gasteiger partial charge in [-0.15, -0.1) is 0 Å². The van der Waals surface area contributed by atoms with Gasteiger partial charge in [-0.25, -0.2) is 9.97 Å². The molecule has 1 aliphatic carbocycles. The number of anilines is 2. The lowest BCUT2D eigenvalue weighted by Crippen LogP contribution is -2.26. The maximum atomic E-state index is 12.8. The Bertz CT molecular complexity index is 772. The number of halogens is 3. The molecule has 1 saturated carbocycles. The van der Waals surface area contributed by atoms with Gasteiger partial charge in [0, 0.05) is 17.8 Å². The molecule has 2 N–H and O–H groups in total. The Balaban J connectivity index is 1.82. The second-order valence-electron chi connectivity index (χ2n) is 5.64. The molecule has 1 amide bonds. The molecule has 126 valence electrons. The van der Waals surface area contributed by atoms with Crippen molar-refractivity contribution in [2.24, 2.45) is 0 Å². The molecule has 1 aromatic carbocycles. The molecule has 0 radical (unpaired) electrons. The Kier molecular flexibility index (Phi) is 4.13. The predicted molar refractivity (Wildman–Crippen MR) is 82.0 cm³/mol. The molecule has 5 nitrogen and oxygen atoms in total. The van der Waals surface area contributed by atoms with E-state index in [1.165, 1.54) is 18.2 Å². The summed E-state index contributed by atoms with van der Waals surface area (Å²) in [4.78, 5) is 20.2. The Morgan fingerprint density at radius 1 is 1.21 bits per heavy atom. The first-order chi connectivity index (χ1) is 11.3. The van der Waals surface area contributed by atoms with Crippen molar-refractivity contribution < 1.29 is 18.0 Å². The quantitative estimate of drug-likeness (QED) is 0.897. The first-order valence-corrected chi connectivity index (χ1v) is 7.42. The number of rotatable bonds is 4. The molecule has 0 unspecified atom stereocenters. The smallest absolute Gasteiger partial charge is 0.348 e. The molecule has 2 aromatic rings. The van der Waals surface area contributed by atoms with Crippen molar-refractivity contribution in [3.63, 3.8) is 0 Å². The van der Waals surface area contributed by atoms with E-state index in [0.29, 0.717) is 5.82 Å². The lowest BCUT2D eigenvalue weighted by molar-refractivity contribution is -0.137. The van der Waals surface area contributed by atoms with Crippen LogP contribution < -0.4 is 10.6 Å². The third kappa shape index (κ3) is 4.01. The summed E-state index contributed by atoms with van der Waals surface area (Å²) in [6.07, 6.45) is -2.52. The molecule has 1 heterocycles. The van der Waals surface area contributed by atoms with Gasteiger partial charge in [0.05, 0.1) is 5.56 Å². The zero-order valence-corrected chi connectivity index (χ0v) is 12.8. The molecule has 0 bridgehead atoms. The SMILES string of the molecule is Cc1nc(Nc2cccc(C(F)(F)F)c2)cc(C(=O)NC2CC2)n1. The Morgan fingerprint density at radius 2 is 1.96 bits per heavy atom. The number of benzene rings is 1. The zero-order valence-electron chi connectivity index (χ0n) is 12.8. The van der Waals surface area contributed by atoms with Crippen LogP contribution >= 0.6 is 0 Å². The van der Waals surface area contributed by atoms with E-state index in [9.17, 15) is 18.0 Å². The minimum Gasteiger partial charge on any atom is -0.348 e. The first-order valence-electron chi connectivity index (χ1n) is 7.42. The summed E-state index contributed by atoms with van der Waals surface area (Å²) < 4.78 is 38.3. The van der Waals surface area contributed by atoms with Crippen molar-refractivity contribution in [2.75, 3.05) is 5.32 Å². The van der Waals surface area contributed by atoms with Crippen molar-refractivity contribution in [3.8, 4) is 0 Å². The fraction of sp³-hybridized carbons (Fsp3) is 0.312. The molecule has 1 aliphatic rings. The summed E-state index contributed by atoms with van der Waals surface area (Å²) in [5.41, 5.74) is -0.342. The summed E-state index contributed by atoms with van der Waals surface area (Å²) in [7, 11) is 0. The van der Waals surface area contributed by atoms with Crippen molar-refractivity contribution >= 4 is 17.4 Å². The lowest BCUT2D eigenvalue weighted by atomic mass is 10.2. The number of carbonyl (C=O) groups excluding carboxylic acids is 1. The summed E-state index contributed by atoms with van der Waals surface area (Å²) in [5, 5.41) is 5.60. The van der Waals surface area contributed by atoms with E-state index in [1.807, 2.05) is 0 Å². The zero-order chi connectivity index (χ0) is 17.3. The van der Waals surface area contributed by atoms with Crippen LogP contribution in [0.1, 0.15) is 34.7 Å². The van der Waals surface area contributed by atoms with E-state index >= 15 is 0 Å². The summed E-state index contributed by atoms with van der Waals surface area (Å²) in [6, 6.07) is 6.39. The molecule has 8 heteroatoms. The van der Waals surface area contributed by atoms with Crippen LogP contribution in [-0.4, -0.2) is 21.9 Å². The van der Waals surface area contributed by atoms with Crippen molar-refractivity contribution in [2.45, 2.75) is 32.0 Å². The minimum atomic E-state index is -4.42. The second-order valence-corrected chi connectivity index (χ2v) is 5.64. The van der Waals surface area contributed by atoms with Gasteiger partial charge in [0.1, 0.15) is 17.3 Å². The van der Waals surface area contributed by atoms with Crippen molar-refractivity contribution in [1.82, 2.24) is 15.3 Å². The van der Waals surface area contributed by atoms with E-state index in [-0.39, 0.29) is 29.1 Å². The van der Waals surface area contributed by atoms with Crippen molar-refractivity contribution in [3.05, 3.63) is 47.4 Å². The van der Waals surface area contributed by atoms with Gasteiger partial charge in [-0.3, -0.25) is 4.79 Å². The maximum absolute atomic E-state index is 12.8. The molecule has 0 atom stereocenters. The predicted octanol–water partition coefficient (Wildman–Crippen LogP) is 3.44. The number of aryl methyl sites for hydroxylation is 1. The van der Waals surface area contributed by atoms with Gasteiger partial charge in [-0.05, 0) is 38.0 Å². The molecule has 3 rings (SSSR count). The van der Waals surface area contributed by atoms with Gasteiger partial charge in [-0.1, -0.05) is 6.07 Å². The van der Waals surface area contributed by atoms with Gasteiger partial charge in [-0.2, -0.15) is 13.2 Å². The number of carbonyl (C=O) groups is 1. The lowest BCUT2D eigenvalue weighted by Gasteiger charge is -2.11. The highest BCUT2D eigenvalue weighted by atomic mass is 19.4. The third-order valence-corrected chi connectivity index (χ3v) is 3.45. The molecule has 0 spiro atoms. The summed E-state index contributed by atoms with van der Waals surface area (Å²) in [6.45, 7) is 1.62. The summed E-state index contributed by atoms with van der Waals surface area (Å²) in [5.74, 6) is 0.311. The summed E-state index contributed by atoms with van der Waals surface area (Å²) >= 11 is 0. The van der Waals surface area contributed by atoms with Gasteiger partial charge < -0.3 is 10.6 Å². The van der Waals surface area contributed by atoms with Crippen LogP contribution in [0.15, 0.2) is 30.3 Å². The monoisotopic (exact) mass is 336 g/mol. The standard InChI is InChI=1S/C16H15F3N4O/c1-9-20-13(15(24)23-11-5-6-11)8-14(21-9)22-12-4-2-3-10(7-12)16(17,18)19/h2-4,7-8,11H,5-6H2,1H3,(H,23,24)(H,20,21,22). The number of aromatic nitrogens is 2. The van der Waals surface area contributed by atoms with Gasteiger partial charge in [0.15, 0.2) is 0 Å². The topological polar surface area (TPSA) is 66.9 Å². The average molecular weight is 336 g/mol. The third-order valence-electron chi connectivity index (χ3n) is 3.45. The van der Waals surface area contributed by atoms with Crippen molar-refractivity contribution in [1.29, 1.82) is 0 Å². The number of amides is 1. The Labute approximate surface area is 136 Å². The minimum absolute atomic E-state index is 0.184. The second kappa shape index (κ2) is 6.10. The van der Waals surface area contributed by atoms with Gasteiger partial charge in [0.2, 0.25) is 0 Å². The number of nitrogens with zero attached hydrogens (tertiary/aromatic N) is 2. The normalized spacial score (nSPS) is 14.3. The number of hydrogen-bond acceptors (Lipinski definition) is 4. The van der Waals surface area contributed by atoms with Crippen LogP contribution in [0.5, 0.6) is 0 Å². The molecule has 24 heavy (non-hydrogen) atoms. The largest absolute Gasteiger partial charge is 0.416 e. The van der Waals surface area contributed by atoms with Crippen LogP contribution in [0.3, 0.4) is 0 Å². The highest BCUT2D eigenvalue weighted by Gasteiger charge is 2.30. The van der Waals surface area contributed by atoms with E-state index in [0.717, 1.165) is 25.0 Å². The van der Waals surface area contributed by atoms with Crippen LogP contribution in [0, 0.1) is 6.92 Å². The molecular weight excluding hydrogens is 321 g/mol.